The van der Waals surface area contributed by atoms with E-state index in [2.05, 4.69) is 38.0 Å². The second-order valence-corrected chi connectivity index (χ2v) is 8.63. The van der Waals surface area contributed by atoms with Gasteiger partial charge in [0.25, 0.3) is 5.91 Å². The number of fused-ring (bicyclic) bond motifs is 1. The number of urea groups is 1. The monoisotopic (exact) mass is 453 g/mol. The molecule has 8 heteroatoms. The van der Waals surface area contributed by atoms with Crippen molar-refractivity contribution < 1.29 is 9.59 Å². The number of hydrogen-bond donors (Lipinski definition) is 4. The summed E-state index contributed by atoms with van der Waals surface area (Å²) in [6, 6.07) is 18.1. The molecule has 4 N–H and O–H groups in total. The number of hydrogen-bond acceptors (Lipinski definition) is 4. The van der Waals surface area contributed by atoms with Gasteiger partial charge in [-0.15, -0.1) is 11.3 Å². The van der Waals surface area contributed by atoms with Crippen LogP contribution in [0.25, 0.3) is 10.9 Å². The molecule has 3 amide bonds. The molecule has 0 spiro atoms. The van der Waals surface area contributed by atoms with Gasteiger partial charge in [0, 0.05) is 27.2 Å². The van der Waals surface area contributed by atoms with Crippen molar-refractivity contribution in [1.82, 2.24) is 20.8 Å². The molecule has 1 aliphatic heterocycles. The number of anilines is 1. The fraction of sp³-hybridized carbons (Fsp3) is 0.0800. The zero-order valence-corrected chi connectivity index (χ0v) is 18.4. The zero-order valence-electron chi connectivity index (χ0n) is 17.6. The van der Waals surface area contributed by atoms with Crippen molar-refractivity contribution in [3.05, 3.63) is 93.4 Å². The average Bonchev–Trinajstić information content (AvgIpc) is 3.47. The van der Waals surface area contributed by atoms with Crippen LogP contribution in [0, 0.1) is 11.8 Å². The van der Waals surface area contributed by atoms with Crippen molar-refractivity contribution in [2.24, 2.45) is 0 Å². The molecule has 4 aromatic rings. The van der Waals surface area contributed by atoms with Crippen molar-refractivity contribution in [1.29, 1.82) is 0 Å². The molecule has 1 unspecified atom stereocenters. The van der Waals surface area contributed by atoms with E-state index in [4.69, 9.17) is 0 Å². The quantitative estimate of drug-likeness (QED) is 0.348. The topological polar surface area (TPSA) is 98.9 Å². The predicted octanol–water partition coefficient (Wildman–Crippen LogP) is 4.29. The number of carbonyl (C=O) groups excluding carboxylic acids is 2. The van der Waals surface area contributed by atoms with Crippen LogP contribution >= 0.6 is 11.3 Å². The maximum atomic E-state index is 13.3. The van der Waals surface area contributed by atoms with Crippen molar-refractivity contribution in [3.63, 3.8) is 0 Å². The van der Waals surface area contributed by atoms with Gasteiger partial charge >= 0.3 is 6.03 Å². The number of aromatic nitrogens is 2. The molecule has 0 saturated heterocycles. The molecule has 0 fully saturated rings. The number of nitrogens with zero attached hydrogens (tertiary/aromatic N) is 1. The second kappa shape index (κ2) is 8.65. The Balaban J connectivity index is 1.42. The Kier molecular flexibility index (Phi) is 5.39. The highest BCUT2D eigenvalue weighted by molar-refractivity contribution is 7.12. The number of allylic oxidation sites excluding steroid dienone is 1. The Morgan fingerprint density at radius 3 is 2.79 bits per heavy atom. The molecule has 5 rings (SSSR count). The summed E-state index contributed by atoms with van der Waals surface area (Å²) >= 11 is 1.45. The van der Waals surface area contributed by atoms with Gasteiger partial charge in [-0.25, -0.2) is 4.79 Å². The fourth-order valence-electron chi connectivity index (χ4n) is 3.66. The van der Waals surface area contributed by atoms with Crippen LogP contribution in [0.15, 0.2) is 78.1 Å². The van der Waals surface area contributed by atoms with E-state index >= 15 is 0 Å². The lowest BCUT2D eigenvalue weighted by Gasteiger charge is -2.27. The number of benzene rings is 2. The Morgan fingerprint density at radius 2 is 1.94 bits per heavy atom. The summed E-state index contributed by atoms with van der Waals surface area (Å²) in [4.78, 5) is 27.1. The number of rotatable bonds is 3. The van der Waals surface area contributed by atoms with E-state index in [0.717, 1.165) is 26.2 Å². The van der Waals surface area contributed by atoms with Gasteiger partial charge in [-0.05, 0) is 49.4 Å². The van der Waals surface area contributed by atoms with Crippen LogP contribution in [0.1, 0.15) is 28.3 Å². The minimum Gasteiger partial charge on any atom is -0.326 e. The Bertz CT molecular complexity index is 1460. The van der Waals surface area contributed by atoms with Crippen LogP contribution in [0.3, 0.4) is 0 Å². The van der Waals surface area contributed by atoms with E-state index in [9.17, 15) is 9.59 Å². The highest BCUT2D eigenvalue weighted by Crippen LogP contribution is 2.32. The Hall–Kier alpha value is -4.35. The number of H-pyrrole nitrogens is 1. The normalized spacial score (nSPS) is 15.4. The zero-order chi connectivity index (χ0) is 22.8. The largest absolute Gasteiger partial charge is 0.326 e. The third kappa shape index (κ3) is 4.35. The first-order chi connectivity index (χ1) is 16.1. The molecular formula is C25H19N5O2S. The molecule has 0 radical (unpaired) electrons. The van der Waals surface area contributed by atoms with Gasteiger partial charge < -0.3 is 16.0 Å². The minimum absolute atomic E-state index is 0.293. The maximum absolute atomic E-state index is 13.3. The molecule has 3 heterocycles. The number of carbonyl (C=O) groups is 2. The van der Waals surface area contributed by atoms with Gasteiger partial charge in [0.05, 0.1) is 28.2 Å². The fourth-order valence-corrected chi connectivity index (χ4v) is 4.58. The summed E-state index contributed by atoms with van der Waals surface area (Å²) in [5.74, 6) is 6.00. The molecule has 0 bridgehead atoms. The van der Waals surface area contributed by atoms with Crippen LogP contribution in [0.5, 0.6) is 0 Å². The van der Waals surface area contributed by atoms with Gasteiger partial charge in [0.2, 0.25) is 0 Å². The first-order valence-electron chi connectivity index (χ1n) is 10.3. The Morgan fingerprint density at radius 1 is 1.09 bits per heavy atom. The first-order valence-corrected chi connectivity index (χ1v) is 11.1. The standard InChI is InChI=1S/C25H19N5O2S/c1-15-22(24(31)28-18-8-11-20-17(13-18)14-26-30-20)23(29-25(32)27-15)21-12-10-19(33-21)9-7-16-5-3-2-4-6-16/h2-6,8,10-14,23H,1H3,(H,26,30)(H,28,31)(H2,27,29,32). The second-order valence-electron chi connectivity index (χ2n) is 7.51. The van der Waals surface area contributed by atoms with E-state index in [0.29, 0.717) is 17.0 Å². The third-order valence-electron chi connectivity index (χ3n) is 5.23. The summed E-state index contributed by atoms with van der Waals surface area (Å²) in [7, 11) is 0. The average molecular weight is 454 g/mol. The van der Waals surface area contributed by atoms with Gasteiger partial charge in [-0.1, -0.05) is 30.0 Å². The first kappa shape index (κ1) is 20.5. The molecule has 7 nitrogen and oxygen atoms in total. The van der Waals surface area contributed by atoms with E-state index in [1.807, 2.05) is 54.6 Å². The van der Waals surface area contributed by atoms with Crippen LogP contribution in [0.2, 0.25) is 0 Å². The third-order valence-corrected chi connectivity index (χ3v) is 6.29. The number of amides is 3. The summed E-state index contributed by atoms with van der Waals surface area (Å²) in [6.45, 7) is 1.73. The summed E-state index contributed by atoms with van der Waals surface area (Å²) in [5.41, 5.74) is 3.41. The van der Waals surface area contributed by atoms with Crippen LogP contribution in [-0.4, -0.2) is 22.1 Å². The van der Waals surface area contributed by atoms with Gasteiger partial charge in [0.1, 0.15) is 0 Å². The SMILES string of the molecule is CC1=C(C(=O)Nc2ccc3[nH]ncc3c2)C(c2ccc(C#Cc3ccccc3)s2)NC(=O)N1. The predicted molar refractivity (Wildman–Crippen MR) is 129 cm³/mol. The Labute approximate surface area is 193 Å². The lowest BCUT2D eigenvalue weighted by Crippen LogP contribution is -2.45. The molecule has 2 aromatic carbocycles. The lowest BCUT2D eigenvalue weighted by atomic mass is 10.0. The molecule has 33 heavy (non-hydrogen) atoms. The van der Waals surface area contributed by atoms with E-state index in [-0.39, 0.29) is 11.9 Å². The lowest BCUT2D eigenvalue weighted by molar-refractivity contribution is -0.113. The molecule has 1 atom stereocenters. The molecule has 162 valence electrons. The van der Waals surface area contributed by atoms with Crippen molar-refractivity contribution >= 4 is 39.9 Å². The van der Waals surface area contributed by atoms with Crippen molar-refractivity contribution in [2.45, 2.75) is 13.0 Å². The van der Waals surface area contributed by atoms with Gasteiger partial charge in [-0.3, -0.25) is 9.89 Å². The maximum Gasteiger partial charge on any atom is 0.319 e. The van der Waals surface area contributed by atoms with Crippen LogP contribution in [0.4, 0.5) is 10.5 Å². The molecule has 0 aliphatic carbocycles. The van der Waals surface area contributed by atoms with Crippen LogP contribution in [-0.2, 0) is 4.79 Å². The van der Waals surface area contributed by atoms with Crippen molar-refractivity contribution in [2.75, 3.05) is 5.32 Å². The summed E-state index contributed by atoms with van der Waals surface area (Å²) in [6.07, 6.45) is 1.70. The van der Waals surface area contributed by atoms with Crippen LogP contribution < -0.4 is 16.0 Å². The molecule has 0 saturated carbocycles. The van der Waals surface area contributed by atoms with E-state index in [1.54, 1.807) is 19.2 Å². The number of aromatic amines is 1. The number of thiophene rings is 1. The van der Waals surface area contributed by atoms with Crippen molar-refractivity contribution in [3.8, 4) is 11.8 Å². The minimum atomic E-state index is -0.575. The van der Waals surface area contributed by atoms with Gasteiger partial charge in [0.15, 0.2) is 0 Å². The summed E-state index contributed by atoms with van der Waals surface area (Å²) in [5, 5.41) is 16.3. The molecule has 2 aromatic heterocycles. The molecule has 1 aliphatic rings. The van der Waals surface area contributed by atoms with E-state index in [1.165, 1.54) is 11.3 Å². The molecular weight excluding hydrogens is 434 g/mol. The number of nitrogens with one attached hydrogen (secondary N) is 4. The summed E-state index contributed by atoms with van der Waals surface area (Å²) < 4.78 is 0. The van der Waals surface area contributed by atoms with E-state index < -0.39 is 6.04 Å². The van der Waals surface area contributed by atoms with Gasteiger partial charge in [-0.2, -0.15) is 5.10 Å². The highest BCUT2D eigenvalue weighted by atomic mass is 32.1. The smallest absolute Gasteiger partial charge is 0.319 e. The highest BCUT2D eigenvalue weighted by Gasteiger charge is 2.32.